The van der Waals surface area contributed by atoms with Crippen LogP contribution < -0.4 is 20.7 Å². The largest absolute Gasteiger partial charge is 0.504 e. The Labute approximate surface area is 290 Å². The molecule has 1 unspecified atom stereocenters. The molecule has 0 aromatic heterocycles. The number of ether oxygens (including phenoxy) is 2. The van der Waals surface area contributed by atoms with Gasteiger partial charge in [0, 0.05) is 46.6 Å². The van der Waals surface area contributed by atoms with Gasteiger partial charge >= 0.3 is 0 Å². The van der Waals surface area contributed by atoms with Crippen molar-refractivity contribution >= 4 is 40.5 Å². The molecule has 2 bridgehead atoms. The molecule has 1 fully saturated rings. The number of anilines is 1. The first-order chi connectivity index (χ1) is 23.4. The van der Waals surface area contributed by atoms with Crippen LogP contribution in [0.4, 0.5) is 5.69 Å². The Hall–Kier alpha value is -4.77. The summed E-state index contributed by atoms with van der Waals surface area (Å²) in [5.41, 5.74) is 3.90. The maximum absolute atomic E-state index is 14.1. The minimum Gasteiger partial charge on any atom is -0.504 e. The Kier molecular flexibility index (Phi) is 9.23. The van der Waals surface area contributed by atoms with Gasteiger partial charge < -0.3 is 30.5 Å². The first kappa shape index (κ1) is 34.1. The number of hydrogen-bond acceptors (Lipinski definition) is 10. The molecule has 6 atom stereocenters. The zero-order valence-corrected chi connectivity index (χ0v) is 29.1. The number of aromatic hydroxyl groups is 1. The second-order valence-electron chi connectivity index (χ2n) is 13.0. The van der Waals surface area contributed by atoms with Crippen LogP contribution >= 0.6 is 12.2 Å². The number of fused-ring (bicyclic) bond motifs is 6. The van der Waals surface area contributed by atoms with Gasteiger partial charge in [-0.05, 0) is 76.1 Å². The van der Waals surface area contributed by atoms with Gasteiger partial charge in [0.25, 0.3) is 0 Å². The summed E-state index contributed by atoms with van der Waals surface area (Å²) < 4.78 is 11.0. The van der Waals surface area contributed by atoms with E-state index in [4.69, 9.17) is 21.7 Å². The number of phenolic OH excluding ortho intramolecular Hbond substituents is 1. The fourth-order valence-electron chi connectivity index (χ4n) is 8.11. The van der Waals surface area contributed by atoms with Gasteiger partial charge in [0.1, 0.15) is 12.1 Å². The topological polar surface area (TPSA) is 156 Å². The number of thiocarbonyl (C=S) groups is 1. The summed E-state index contributed by atoms with van der Waals surface area (Å²) in [5, 5.41) is 31.6. The normalized spacial score (nSPS) is 25.4. The van der Waals surface area contributed by atoms with E-state index in [2.05, 4.69) is 26.9 Å². The van der Waals surface area contributed by atoms with Gasteiger partial charge in [-0.2, -0.15) is 5.26 Å². The zero-order valence-electron chi connectivity index (χ0n) is 28.3. The molecule has 49 heavy (non-hydrogen) atoms. The summed E-state index contributed by atoms with van der Waals surface area (Å²) in [6.07, 6.45) is 0.625. The molecule has 0 radical (unpaired) electrons. The van der Waals surface area contributed by atoms with E-state index in [0.29, 0.717) is 23.3 Å². The van der Waals surface area contributed by atoms with Gasteiger partial charge in [-0.15, -0.1) is 0 Å². The van der Waals surface area contributed by atoms with Gasteiger partial charge in [-0.3, -0.25) is 24.2 Å². The third-order valence-electron chi connectivity index (χ3n) is 10.3. The third kappa shape index (κ3) is 5.63. The van der Waals surface area contributed by atoms with Crippen molar-refractivity contribution in [1.29, 1.82) is 5.26 Å². The predicted molar refractivity (Wildman–Crippen MR) is 186 cm³/mol. The maximum Gasteiger partial charge on any atom is 0.242 e. The molecule has 13 heteroatoms. The van der Waals surface area contributed by atoms with Crippen molar-refractivity contribution in [3.05, 3.63) is 75.6 Å². The van der Waals surface area contributed by atoms with E-state index in [-0.39, 0.29) is 58.5 Å². The second kappa shape index (κ2) is 13.3. The predicted octanol–water partition coefficient (Wildman–Crippen LogP) is 2.82. The maximum atomic E-state index is 14.1. The number of carbonyl (C=O) groups excluding carboxylic acids is 3. The minimum atomic E-state index is -0.839. The van der Waals surface area contributed by atoms with Crippen molar-refractivity contribution in [3.8, 4) is 17.6 Å². The highest BCUT2D eigenvalue weighted by molar-refractivity contribution is 7.80. The Balaban J connectivity index is 1.38. The van der Waals surface area contributed by atoms with Crippen LogP contribution in [0.5, 0.6) is 11.5 Å². The van der Waals surface area contributed by atoms with Crippen molar-refractivity contribution < 1.29 is 29.0 Å². The number of benzene rings is 2. The first-order valence-electron chi connectivity index (χ1n) is 16.2. The summed E-state index contributed by atoms with van der Waals surface area (Å²) in [5.74, 6) is -0.787. The second-order valence-corrected chi connectivity index (χ2v) is 13.4. The fourth-order valence-corrected chi connectivity index (χ4v) is 8.41. The monoisotopic (exact) mass is 684 g/mol. The molecule has 6 rings (SSSR count). The Bertz CT molecular complexity index is 1850. The lowest BCUT2D eigenvalue weighted by molar-refractivity contribution is -0.125. The molecule has 3 heterocycles. The highest BCUT2D eigenvalue weighted by Gasteiger charge is 2.57. The van der Waals surface area contributed by atoms with Gasteiger partial charge in [-0.1, -0.05) is 24.3 Å². The van der Waals surface area contributed by atoms with E-state index in [0.717, 1.165) is 16.8 Å². The number of piperazine rings is 1. The van der Waals surface area contributed by atoms with Crippen molar-refractivity contribution in [3.63, 3.8) is 0 Å². The number of carbonyl (C=O) groups is 3. The number of nitrogens with zero attached hydrogens (tertiary/aromatic N) is 3. The molecule has 12 nitrogen and oxygen atoms in total. The van der Waals surface area contributed by atoms with Gasteiger partial charge in [0.05, 0.1) is 32.4 Å². The number of likely N-dealkylation sites (N-methyl/N-ethyl adjacent to an activating group) is 1. The van der Waals surface area contributed by atoms with E-state index < -0.39 is 36.0 Å². The highest BCUT2D eigenvalue weighted by atomic mass is 32.1. The molecule has 256 valence electrons. The molecular weight excluding hydrogens is 644 g/mol. The number of phenols is 1. The number of methoxy groups -OCH3 is 2. The number of aryl methyl sites for hydroxylation is 1. The molecule has 1 saturated heterocycles. The molecule has 1 aliphatic carbocycles. The Morgan fingerprint density at radius 1 is 1.12 bits per heavy atom. The highest BCUT2D eigenvalue weighted by Crippen LogP contribution is 2.53. The van der Waals surface area contributed by atoms with Crippen LogP contribution in [-0.4, -0.2) is 95.5 Å². The molecule has 4 aliphatic rings. The average molecular weight is 685 g/mol. The van der Waals surface area contributed by atoms with Crippen LogP contribution in [0.3, 0.4) is 0 Å². The number of hydrogen-bond donors (Lipinski definition) is 4. The Morgan fingerprint density at radius 3 is 2.49 bits per heavy atom. The SMILES string of the molecule is COC1=C(C)C(=O)C2=C(C1=O)[C@H](CNC(=O)C(C)NC(=S)Nc1ccccc1)N1[C@@H](C#N)[C@H]3Cc4cc(C)c(OC)c(O)c4[C@H]([C@@H]1C2)N3C. The molecule has 1 amide bonds. The molecular formula is C36H40N6O6S. The van der Waals surface area contributed by atoms with Gasteiger partial charge in [0.2, 0.25) is 11.7 Å². The molecule has 4 N–H and O–H groups in total. The lowest BCUT2D eigenvalue weighted by atomic mass is 9.69. The van der Waals surface area contributed by atoms with Crippen LogP contribution in [0, 0.1) is 18.3 Å². The average Bonchev–Trinajstić information content (AvgIpc) is 3.07. The van der Waals surface area contributed by atoms with Crippen molar-refractivity contribution in [2.45, 2.75) is 69.9 Å². The smallest absolute Gasteiger partial charge is 0.242 e. The van der Waals surface area contributed by atoms with Gasteiger partial charge in [-0.25, -0.2) is 0 Å². The van der Waals surface area contributed by atoms with Crippen molar-refractivity contribution in [2.75, 3.05) is 33.1 Å². The van der Waals surface area contributed by atoms with E-state index in [1.54, 1.807) is 13.8 Å². The zero-order chi connectivity index (χ0) is 35.3. The van der Waals surface area contributed by atoms with E-state index in [9.17, 15) is 24.8 Å². The summed E-state index contributed by atoms with van der Waals surface area (Å²) in [6, 6.07) is 10.3. The van der Waals surface area contributed by atoms with E-state index in [1.807, 2.05) is 55.3 Å². The molecule has 3 aliphatic heterocycles. The standard InChI is InChI=1S/C36H40N6O6S/c1-17-12-20-13-23-25(15-37)42-24(29(41(23)4)27(20)31(44)33(17)47-5)14-22-28(32(45)34(48-6)18(2)30(22)43)26(42)16-38-35(46)19(3)39-36(49)40-21-10-8-7-9-11-21/h7-12,19,23-26,29,44H,13-14,16H2,1-6H3,(H,38,46)(H2,39,40,49)/t19?,23-,24+,25+,26+,29+/m1/s1. The van der Waals surface area contributed by atoms with Crippen LogP contribution in [-0.2, 0) is 25.5 Å². The fraction of sp³-hybridized carbons (Fsp3) is 0.417. The number of nitrogens with one attached hydrogen (secondary N) is 3. The third-order valence-corrected chi connectivity index (χ3v) is 10.5. The van der Waals surface area contributed by atoms with Crippen LogP contribution in [0.15, 0.2) is 58.9 Å². The van der Waals surface area contributed by atoms with E-state index >= 15 is 0 Å². The van der Waals surface area contributed by atoms with Crippen LogP contribution in [0.1, 0.15) is 43.0 Å². The number of nitriles is 1. The minimum absolute atomic E-state index is 0.0246. The number of amides is 1. The lowest BCUT2D eigenvalue weighted by Crippen LogP contribution is -2.71. The number of para-hydroxylation sites is 1. The molecule has 0 spiro atoms. The number of allylic oxidation sites excluding steroid dienone is 2. The number of Topliss-reactive ketones (excluding diaryl/α,β-unsaturated/α-hetero) is 2. The number of rotatable bonds is 7. The molecule has 2 aromatic carbocycles. The summed E-state index contributed by atoms with van der Waals surface area (Å²) >= 11 is 5.43. The number of ketones is 2. The molecule has 2 aromatic rings. The summed E-state index contributed by atoms with van der Waals surface area (Å²) in [4.78, 5) is 45.6. The molecule has 0 saturated carbocycles. The van der Waals surface area contributed by atoms with Crippen molar-refractivity contribution in [2.24, 2.45) is 0 Å². The lowest BCUT2D eigenvalue weighted by Gasteiger charge is -2.60. The van der Waals surface area contributed by atoms with Crippen molar-refractivity contribution in [1.82, 2.24) is 20.4 Å². The van der Waals surface area contributed by atoms with E-state index in [1.165, 1.54) is 14.2 Å². The first-order valence-corrected chi connectivity index (χ1v) is 16.6. The van der Waals surface area contributed by atoms with Gasteiger partial charge in [0.15, 0.2) is 28.2 Å². The van der Waals surface area contributed by atoms with Crippen LogP contribution in [0.2, 0.25) is 0 Å². The van der Waals surface area contributed by atoms with Crippen LogP contribution in [0.25, 0.3) is 0 Å². The summed E-state index contributed by atoms with van der Waals surface area (Å²) in [6.45, 7) is 5.04. The Morgan fingerprint density at radius 2 is 1.84 bits per heavy atom. The summed E-state index contributed by atoms with van der Waals surface area (Å²) in [7, 11) is 4.79. The quantitative estimate of drug-likeness (QED) is 0.250.